The first-order chi connectivity index (χ1) is 10.1. The molecule has 0 bridgehead atoms. The van der Waals surface area contributed by atoms with Gasteiger partial charge in [0, 0.05) is 30.6 Å². The molecule has 2 fully saturated rings. The Bertz CT molecular complexity index is 504. The largest absolute Gasteiger partial charge is 0.370 e. The van der Waals surface area contributed by atoms with Crippen molar-refractivity contribution < 1.29 is 0 Å². The lowest BCUT2D eigenvalue weighted by molar-refractivity contribution is 0.691. The second kappa shape index (κ2) is 5.82. The van der Waals surface area contributed by atoms with Crippen LogP contribution in [0.4, 0.5) is 11.6 Å². The predicted molar refractivity (Wildman–Crippen MR) is 88.1 cm³/mol. The van der Waals surface area contributed by atoms with Crippen molar-refractivity contribution in [2.45, 2.75) is 65.3 Å². The lowest BCUT2D eigenvalue weighted by Crippen LogP contribution is -2.30. The van der Waals surface area contributed by atoms with Gasteiger partial charge in [0.05, 0.1) is 0 Å². The molecule has 0 saturated heterocycles. The Labute approximate surface area is 128 Å². The van der Waals surface area contributed by atoms with Crippen molar-refractivity contribution in [2.24, 2.45) is 5.92 Å². The number of anilines is 2. The molecular formula is C17H28N4. The van der Waals surface area contributed by atoms with E-state index in [9.17, 15) is 0 Å². The average molecular weight is 288 g/mol. The van der Waals surface area contributed by atoms with E-state index in [1.807, 2.05) is 0 Å². The summed E-state index contributed by atoms with van der Waals surface area (Å²) in [6.07, 6.45) is 5.43. The molecule has 0 amide bonds. The highest BCUT2D eigenvalue weighted by atomic mass is 15.3. The minimum atomic E-state index is 0.365. The number of rotatable bonds is 7. The maximum atomic E-state index is 4.93. The van der Waals surface area contributed by atoms with Gasteiger partial charge in [0.25, 0.3) is 0 Å². The first-order valence-corrected chi connectivity index (χ1v) is 8.49. The fraction of sp³-hybridized carbons (Fsp3) is 0.765. The number of hydrogen-bond acceptors (Lipinski definition) is 4. The number of nitrogens with one attached hydrogen (secondary N) is 1. The first-order valence-electron chi connectivity index (χ1n) is 8.49. The minimum absolute atomic E-state index is 0.365. The van der Waals surface area contributed by atoms with Crippen LogP contribution in [-0.4, -0.2) is 29.1 Å². The van der Waals surface area contributed by atoms with Crippen LogP contribution >= 0.6 is 0 Å². The summed E-state index contributed by atoms with van der Waals surface area (Å²) in [5.41, 5.74) is 1.22. The Morgan fingerprint density at radius 3 is 2.43 bits per heavy atom. The summed E-state index contributed by atoms with van der Waals surface area (Å²) in [6, 6.07) is 0.716. The number of nitrogens with zero attached hydrogens (tertiary/aromatic N) is 3. The molecule has 0 atom stereocenters. The smallest absolute Gasteiger partial charge is 0.137 e. The van der Waals surface area contributed by atoms with Crippen LogP contribution in [0.5, 0.6) is 0 Å². The van der Waals surface area contributed by atoms with Gasteiger partial charge >= 0.3 is 0 Å². The van der Waals surface area contributed by atoms with Gasteiger partial charge in [0.1, 0.15) is 17.5 Å². The van der Waals surface area contributed by atoms with Crippen LogP contribution in [0, 0.1) is 12.8 Å². The van der Waals surface area contributed by atoms with Crippen molar-refractivity contribution in [3.63, 3.8) is 0 Å². The Morgan fingerprint density at radius 1 is 1.19 bits per heavy atom. The van der Waals surface area contributed by atoms with Crippen molar-refractivity contribution in [3.8, 4) is 0 Å². The van der Waals surface area contributed by atoms with Crippen LogP contribution in [-0.2, 0) is 0 Å². The van der Waals surface area contributed by atoms with E-state index in [1.54, 1.807) is 0 Å². The summed E-state index contributed by atoms with van der Waals surface area (Å²) in [6.45, 7) is 10.7. The third-order valence-corrected chi connectivity index (χ3v) is 4.41. The van der Waals surface area contributed by atoms with Gasteiger partial charge in [-0.1, -0.05) is 13.8 Å². The van der Waals surface area contributed by atoms with Crippen LogP contribution in [0.1, 0.15) is 63.8 Å². The van der Waals surface area contributed by atoms with Gasteiger partial charge in [0.2, 0.25) is 0 Å². The molecule has 21 heavy (non-hydrogen) atoms. The maximum absolute atomic E-state index is 4.93. The van der Waals surface area contributed by atoms with Crippen LogP contribution in [0.3, 0.4) is 0 Å². The fourth-order valence-electron chi connectivity index (χ4n) is 2.77. The van der Waals surface area contributed by atoms with E-state index >= 15 is 0 Å². The van der Waals surface area contributed by atoms with E-state index in [0.29, 0.717) is 12.0 Å². The monoisotopic (exact) mass is 288 g/mol. The van der Waals surface area contributed by atoms with E-state index in [2.05, 4.69) is 37.9 Å². The SMILES string of the molecule is CCNc1nc(C(C)C)nc(N(CC2CC2)C2CC2)c1C. The highest BCUT2D eigenvalue weighted by molar-refractivity contribution is 5.60. The predicted octanol–water partition coefficient (Wildman–Crippen LogP) is 3.72. The van der Waals surface area contributed by atoms with Crippen molar-refractivity contribution in [1.82, 2.24) is 9.97 Å². The third kappa shape index (κ3) is 3.30. The Hall–Kier alpha value is -1.32. The van der Waals surface area contributed by atoms with Gasteiger partial charge < -0.3 is 10.2 Å². The molecule has 1 aromatic heterocycles. The van der Waals surface area contributed by atoms with Gasteiger partial charge in [-0.2, -0.15) is 0 Å². The summed E-state index contributed by atoms with van der Waals surface area (Å²) < 4.78 is 0. The van der Waals surface area contributed by atoms with Crippen molar-refractivity contribution in [2.75, 3.05) is 23.3 Å². The summed E-state index contributed by atoms with van der Waals surface area (Å²) in [5, 5.41) is 3.42. The Balaban J connectivity index is 1.96. The molecule has 2 saturated carbocycles. The van der Waals surface area contributed by atoms with Crippen molar-refractivity contribution >= 4 is 11.6 Å². The van der Waals surface area contributed by atoms with Crippen LogP contribution < -0.4 is 10.2 Å². The van der Waals surface area contributed by atoms with Crippen LogP contribution in [0.2, 0.25) is 0 Å². The molecule has 2 aliphatic rings. The van der Waals surface area contributed by atoms with Crippen LogP contribution in [0.25, 0.3) is 0 Å². The van der Waals surface area contributed by atoms with Crippen molar-refractivity contribution in [3.05, 3.63) is 11.4 Å². The molecule has 4 nitrogen and oxygen atoms in total. The average Bonchev–Trinajstić information content (AvgIpc) is 3.32. The lowest BCUT2D eigenvalue weighted by atomic mass is 10.2. The molecule has 0 aromatic carbocycles. The van der Waals surface area contributed by atoms with E-state index < -0.39 is 0 Å². The lowest BCUT2D eigenvalue weighted by Gasteiger charge is -2.27. The minimum Gasteiger partial charge on any atom is -0.370 e. The molecule has 0 unspecified atom stereocenters. The third-order valence-electron chi connectivity index (χ3n) is 4.41. The second-order valence-electron chi connectivity index (χ2n) is 6.89. The molecule has 0 spiro atoms. The van der Waals surface area contributed by atoms with E-state index in [-0.39, 0.29) is 0 Å². The second-order valence-corrected chi connectivity index (χ2v) is 6.89. The molecule has 0 aliphatic heterocycles. The molecule has 3 rings (SSSR count). The quantitative estimate of drug-likeness (QED) is 0.830. The summed E-state index contributed by atoms with van der Waals surface area (Å²) in [7, 11) is 0. The van der Waals surface area contributed by atoms with Gasteiger partial charge in [0.15, 0.2) is 0 Å². The van der Waals surface area contributed by atoms with E-state index in [4.69, 9.17) is 9.97 Å². The van der Waals surface area contributed by atoms with Crippen LogP contribution in [0.15, 0.2) is 0 Å². The van der Waals surface area contributed by atoms with E-state index in [1.165, 1.54) is 43.6 Å². The van der Waals surface area contributed by atoms with Gasteiger partial charge in [-0.25, -0.2) is 9.97 Å². The topological polar surface area (TPSA) is 41.1 Å². The van der Waals surface area contributed by atoms with Gasteiger partial charge in [-0.3, -0.25) is 0 Å². The molecular weight excluding hydrogens is 260 g/mol. The summed E-state index contributed by atoms with van der Waals surface area (Å²) in [4.78, 5) is 12.2. The van der Waals surface area contributed by atoms with Gasteiger partial charge in [-0.05, 0) is 45.4 Å². The molecule has 4 heteroatoms. The first kappa shape index (κ1) is 14.6. The Morgan fingerprint density at radius 2 is 1.90 bits per heavy atom. The Kier molecular flexibility index (Phi) is 4.05. The zero-order valence-corrected chi connectivity index (χ0v) is 13.8. The summed E-state index contributed by atoms with van der Waals surface area (Å²) >= 11 is 0. The van der Waals surface area contributed by atoms with E-state index in [0.717, 1.165) is 24.1 Å². The molecule has 0 radical (unpaired) electrons. The molecule has 1 heterocycles. The standard InChI is InChI=1S/C17H28N4/c1-5-18-16-12(4)17(20-15(19-16)11(2)3)21(14-8-9-14)10-13-6-7-13/h11,13-14H,5-10H2,1-4H3,(H,18,19,20). The zero-order chi connectivity index (χ0) is 15.0. The van der Waals surface area contributed by atoms with Crippen molar-refractivity contribution in [1.29, 1.82) is 0 Å². The molecule has 1 N–H and O–H groups in total. The summed E-state index contributed by atoms with van der Waals surface area (Å²) in [5.74, 6) is 4.42. The number of hydrogen-bond donors (Lipinski definition) is 1. The number of aromatic nitrogens is 2. The highest BCUT2D eigenvalue weighted by Gasteiger charge is 2.35. The maximum Gasteiger partial charge on any atom is 0.137 e. The molecule has 116 valence electrons. The molecule has 2 aliphatic carbocycles. The fourth-order valence-corrected chi connectivity index (χ4v) is 2.77. The normalized spacial score (nSPS) is 18.1. The highest BCUT2D eigenvalue weighted by Crippen LogP contribution is 2.39. The van der Waals surface area contributed by atoms with Gasteiger partial charge in [-0.15, -0.1) is 0 Å². The molecule has 1 aromatic rings. The zero-order valence-electron chi connectivity index (χ0n) is 13.8.